The van der Waals surface area contributed by atoms with Gasteiger partial charge in [-0.1, -0.05) is 39.5 Å². The fourth-order valence-electron chi connectivity index (χ4n) is 1.97. The highest BCUT2D eigenvalue weighted by molar-refractivity contribution is 5.16. The standard InChI is InChI=1S/C14H24N2/c1-3-4-5-6-7-14(15)12(2)13-8-10-16-11-9-13/h8-12,14H,3-7,15H2,1-2H3. The van der Waals surface area contributed by atoms with Crippen LogP contribution in [0.15, 0.2) is 24.5 Å². The van der Waals surface area contributed by atoms with E-state index in [0.29, 0.717) is 5.92 Å². The Morgan fingerprint density at radius 1 is 1.19 bits per heavy atom. The molecule has 1 aromatic heterocycles. The minimum absolute atomic E-state index is 0.277. The van der Waals surface area contributed by atoms with Gasteiger partial charge < -0.3 is 5.73 Å². The molecule has 0 radical (unpaired) electrons. The van der Waals surface area contributed by atoms with Gasteiger partial charge in [-0.25, -0.2) is 0 Å². The maximum absolute atomic E-state index is 6.21. The van der Waals surface area contributed by atoms with Crippen molar-refractivity contribution in [3.05, 3.63) is 30.1 Å². The predicted molar refractivity (Wildman–Crippen MR) is 69.4 cm³/mol. The van der Waals surface area contributed by atoms with Gasteiger partial charge in [-0.2, -0.15) is 0 Å². The number of nitrogens with two attached hydrogens (primary N) is 1. The average molecular weight is 220 g/mol. The topological polar surface area (TPSA) is 38.9 Å². The molecule has 0 aromatic carbocycles. The number of hydrogen-bond donors (Lipinski definition) is 1. The Morgan fingerprint density at radius 3 is 2.50 bits per heavy atom. The van der Waals surface area contributed by atoms with Crippen molar-refractivity contribution in [2.24, 2.45) is 5.73 Å². The van der Waals surface area contributed by atoms with Crippen LogP contribution >= 0.6 is 0 Å². The molecule has 2 unspecified atom stereocenters. The summed E-state index contributed by atoms with van der Waals surface area (Å²) >= 11 is 0. The molecule has 2 atom stereocenters. The molecule has 0 aliphatic rings. The first-order valence-corrected chi connectivity index (χ1v) is 6.41. The van der Waals surface area contributed by atoms with Gasteiger partial charge in [0.2, 0.25) is 0 Å². The Balaban J connectivity index is 2.33. The van der Waals surface area contributed by atoms with Gasteiger partial charge in [-0.3, -0.25) is 4.98 Å². The lowest BCUT2D eigenvalue weighted by atomic mass is 9.91. The molecule has 0 spiro atoms. The Kier molecular flexibility index (Phi) is 6.09. The summed E-state index contributed by atoms with van der Waals surface area (Å²) in [7, 11) is 0. The van der Waals surface area contributed by atoms with Crippen molar-refractivity contribution in [2.45, 2.75) is 57.9 Å². The third-order valence-corrected chi connectivity index (χ3v) is 3.27. The van der Waals surface area contributed by atoms with Crippen molar-refractivity contribution >= 4 is 0 Å². The monoisotopic (exact) mass is 220 g/mol. The van der Waals surface area contributed by atoms with Gasteiger partial charge in [-0.05, 0) is 30.0 Å². The van der Waals surface area contributed by atoms with Crippen molar-refractivity contribution in [1.82, 2.24) is 4.98 Å². The smallest absolute Gasteiger partial charge is 0.0270 e. The summed E-state index contributed by atoms with van der Waals surface area (Å²) in [6.45, 7) is 4.44. The van der Waals surface area contributed by atoms with Gasteiger partial charge in [0, 0.05) is 18.4 Å². The first-order valence-electron chi connectivity index (χ1n) is 6.41. The van der Waals surface area contributed by atoms with Crippen LogP contribution in [0.5, 0.6) is 0 Å². The lowest BCUT2D eigenvalue weighted by molar-refractivity contribution is 0.492. The van der Waals surface area contributed by atoms with E-state index in [9.17, 15) is 0 Å². The minimum Gasteiger partial charge on any atom is -0.327 e. The van der Waals surface area contributed by atoms with Crippen LogP contribution in [-0.2, 0) is 0 Å². The van der Waals surface area contributed by atoms with Crippen LogP contribution in [0.25, 0.3) is 0 Å². The quantitative estimate of drug-likeness (QED) is 0.714. The average Bonchev–Trinajstić information content (AvgIpc) is 2.34. The normalized spacial score (nSPS) is 14.7. The Bertz CT molecular complexity index is 271. The van der Waals surface area contributed by atoms with E-state index in [4.69, 9.17) is 5.73 Å². The fraction of sp³-hybridized carbons (Fsp3) is 0.643. The summed E-state index contributed by atoms with van der Waals surface area (Å²) in [4.78, 5) is 4.03. The fourth-order valence-corrected chi connectivity index (χ4v) is 1.97. The van der Waals surface area contributed by atoms with Gasteiger partial charge in [0.1, 0.15) is 0 Å². The lowest BCUT2D eigenvalue weighted by Gasteiger charge is -2.20. The number of aromatic nitrogens is 1. The first-order chi connectivity index (χ1) is 7.75. The van der Waals surface area contributed by atoms with E-state index in [1.165, 1.54) is 31.2 Å². The maximum Gasteiger partial charge on any atom is 0.0270 e. The molecule has 16 heavy (non-hydrogen) atoms. The van der Waals surface area contributed by atoms with Crippen molar-refractivity contribution < 1.29 is 0 Å². The minimum atomic E-state index is 0.277. The molecule has 0 fully saturated rings. The molecule has 0 saturated heterocycles. The van der Waals surface area contributed by atoms with E-state index in [2.05, 4.69) is 31.0 Å². The molecular formula is C14H24N2. The molecule has 90 valence electrons. The molecule has 1 heterocycles. The highest BCUT2D eigenvalue weighted by Gasteiger charge is 2.13. The zero-order valence-corrected chi connectivity index (χ0v) is 10.5. The van der Waals surface area contributed by atoms with E-state index in [-0.39, 0.29) is 6.04 Å². The highest BCUT2D eigenvalue weighted by Crippen LogP contribution is 2.20. The third-order valence-electron chi connectivity index (χ3n) is 3.27. The Labute approximate surface area is 99.3 Å². The van der Waals surface area contributed by atoms with Crippen molar-refractivity contribution in [2.75, 3.05) is 0 Å². The lowest BCUT2D eigenvalue weighted by Crippen LogP contribution is -2.26. The zero-order valence-electron chi connectivity index (χ0n) is 10.5. The van der Waals surface area contributed by atoms with Crippen molar-refractivity contribution in [3.63, 3.8) is 0 Å². The molecule has 0 bridgehead atoms. The van der Waals surface area contributed by atoms with E-state index in [1.54, 1.807) is 0 Å². The number of unbranched alkanes of at least 4 members (excludes halogenated alkanes) is 3. The Hall–Kier alpha value is -0.890. The second kappa shape index (κ2) is 7.39. The summed E-state index contributed by atoms with van der Waals surface area (Å²) in [5, 5.41) is 0. The molecule has 0 aliphatic carbocycles. The molecule has 0 aliphatic heterocycles. The highest BCUT2D eigenvalue weighted by atomic mass is 14.6. The second-order valence-electron chi connectivity index (χ2n) is 4.58. The number of nitrogens with zero attached hydrogens (tertiary/aromatic N) is 1. The van der Waals surface area contributed by atoms with Crippen LogP contribution < -0.4 is 5.73 Å². The van der Waals surface area contributed by atoms with Crippen LogP contribution in [-0.4, -0.2) is 11.0 Å². The molecular weight excluding hydrogens is 196 g/mol. The predicted octanol–water partition coefficient (Wildman–Crippen LogP) is 3.48. The van der Waals surface area contributed by atoms with E-state index < -0.39 is 0 Å². The van der Waals surface area contributed by atoms with Crippen LogP contribution in [0.1, 0.15) is 57.4 Å². The van der Waals surface area contributed by atoms with Gasteiger partial charge in [0.05, 0.1) is 0 Å². The summed E-state index contributed by atoms with van der Waals surface area (Å²) < 4.78 is 0. The molecule has 2 nitrogen and oxygen atoms in total. The zero-order chi connectivity index (χ0) is 11.8. The summed E-state index contributed by atoms with van der Waals surface area (Å²) in [5.74, 6) is 0.435. The summed E-state index contributed by atoms with van der Waals surface area (Å²) in [6.07, 6.45) is 10.00. The third kappa shape index (κ3) is 4.31. The molecule has 1 rings (SSSR count). The van der Waals surface area contributed by atoms with Gasteiger partial charge in [0.25, 0.3) is 0 Å². The van der Waals surface area contributed by atoms with E-state index in [1.807, 2.05) is 12.4 Å². The van der Waals surface area contributed by atoms with Gasteiger partial charge >= 0.3 is 0 Å². The number of pyridine rings is 1. The first kappa shape index (κ1) is 13.2. The van der Waals surface area contributed by atoms with Crippen LogP contribution in [0, 0.1) is 0 Å². The van der Waals surface area contributed by atoms with Crippen LogP contribution in [0.4, 0.5) is 0 Å². The largest absolute Gasteiger partial charge is 0.327 e. The second-order valence-corrected chi connectivity index (χ2v) is 4.58. The SMILES string of the molecule is CCCCCCC(N)C(C)c1ccncc1. The van der Waals surface area contributed by atoms with Crippen LogP contribution in [0.3, 0.4) is 0 Å². The van der Waals surface area contributed by atoms with Crippen molar-refractivity contribution in [1.29, 1.82) is 0 Å². The molecule has 0 amide bonds. The Morgan fingerprint density at radius 2 is 1.88 bits per heavy atom. The maximum atomic E-state index is 6.21. The number of rotatable bonds is 7. The molecule has 2 N–H and O–H groups in total. The number of hydrogen-bond acceptors (Lipinski definition) is 2. The van der Waals surface area contributed by atoms with Crippen molar-refractivity contribution in [3.8, 4) is 0 Å². The summed E-state index contributed by atoms with van der Waals surface area (Å²) in [6, 6.07) is 4.41. The van der Waals surface area contributed by atoms with E-state index in [0.717, 1.165) is 6.42 Å². The summed E-state index contributed by atoms with van der Waals surface area (Å²) in [5.41, 5.74) is 7.51. The van der Waals surface area contributed by atoms with Gasteiger partial charge in [-0.15, -0.1) is 0 Å². The van der Waals surface area contributed by atoms with E-state index >= 15 is 0 Å². The van der Waals surface area contributed by atoms with Gasteiger partial charge in [0.15, 0.2) is 0 Å². The molecule has 1 aromatic rings. The molecule has 2 heteroatoms. The molecule has 0 saturated carbocycles. The van der Waals surface area contributed by atoms with Crippen LogP contribution in [0.2, 0.25) is 0 Å².